The zero-order chi connectivity index (χ0) is 24.7. The second-order valence-electron chi connectivity index (χ2n) is 7.52. The molecule has 3 aromatic carbocycles. The fraction of sp³-hybridized carbons (Fsp3) is 0.154. The van der Waals surface area contributed by atoms with Gasteiger partial charge >= 0.3 is 17.8 Å². The Hall–Kier alpha value is -4.46. The van der Waals surface area contributed by atoms with Crippen molar-refractivity contribution in [3.63, 3.8) is 0 Å². The number of rotatable bonds is 6. The van der Waals surface area contributed by atoms with Gasteiger partial charge in [-0.3, -0.25) is 9.59 Å². The topological polar surface area (TPSA) is 106 Å². The van der Waals surface area contributed by atoms with Gasteiger partial charge in [-0.05, 0) is 74.4 Å². The monoisotopic (exact) mass is 459 g/mol. The van der Waals surface area contributed by atoms with Crippen LogP contribution >= 0.6 is 0 Å². The van der Waals surface area contributed by atoms with Crippen molar-refractivity contribution in [1.29, 1.82) is 0 Å². The van der Waals surface area contributed by atoms with Crippen LogP contribution < -0.4 is 20.2 Å². The Kier molecular flexibility index (Phi) is 7.76. The summed E-state index contributed by atoms with van der Waals surface area (Å²) in [6.07, 6.45) is 0. The van der Waals surface area contributed by atoms with E-state index in [9.17, 15) is 14.4 Å². The summed E-state index contributed by atoms with van der Waals surface area (Å²) in [4.78, 5) is 36.7. The first-order chi connectivity index (χ1) is 16.3. The largest absolute Gasteiger partial charge is 0.496 e. The second-order valence-corrected chi connectivity index (χ2v) is 7.52. The third-order valence-corrected chi connectivity index (χ3v) is 4.97. The van der Waals surface area contributed by atoms with Crippen LogP contribution in [0.1, 0.15) is 34.0 Å². The summed E-state index contributed by atoms with van der Waals surface area (Å²) in [5.74, 6) is -1.49. The lowest BCUT2D eigenvalue weighted by Gasteiger charge is -2.09. The molecule has 0 saturated carbocycles. The van der Waals surface area contributed by atoms with Crippen LogP contribution in [-0.4, -0.2) is 30.6 Å². The molecule has 0 heterocycles. The number of anilines is 1. The summed E-state index contributed by atoms with van der Waals surface area (Å²) in [7, 11) is 1.48. The molecule has 0 bridgehead atoms. The Bertz CT molecular complexity index is 1250. The van der Waals surface area contributed by atoms with E-state index in [0.717, 1.165) is 11.1 Å². The molecule has 8 heteroatoms. The number of nitrogens with zero attached hydrogens (tertiary/aromatic N) is 1. The van der Waals surface area contributed by atoms with Crippen molar-refractivity contribution in [2.75, 3.05) is 12.4 Å². The molecule has 0 aromatic heterocycles. The molecular weight excluding hydrogens is 434 g/mol. The van der Waals surface area contributed by atoms with Gasteiger partial charge in [-0.25, -0.2) is 10.2 Å². The van der Waals surface area contributed by atoms with Crippen molar-refractivity contribution in [3.05, 3.63) is 89.0 Å². The van der Waals surface area contributed by atoms with Crippen molar-refractivity contribution in [3.8, 4) is 11.5 Å². The zero-order valence-corrected chi connectivity index (χ0v) is 19.3. The van der Waals surface area contributed by atoms with Gasteiger partial charge < -0.3 is 14.8 Å². The van der Waals surface area contributed by atoms with Crippen molar-refractivity contribution in [1.82, 2.24) is 5.43 Å². The smallest absolute Gasteiger partial charge is 0.347 e. The van der Waals surface area contributed by atoms with Crippen LogP contribution in [0.4, 0.5) is 5.69 Å². The third kappa shape index (κ3) is 6.07. The Morgan fingerprint density at radius 3 is 2.26 bits per heavy atom. The molecule has 3 rings (SSSR count). The van der Waals surface area contributed by atoms with Crippen LogP contribution in [0.15, 0.2) is 71.8 Å². The first kappa shape index (κ1) is 24.2. The zero-order valence-electron chi connectivity index (χ0n) is 19.3. The van der Waals surface area contributed by atoms with Crippen LogP contribution in [0.2, 0.25) is 0 Å². The lowest BCUT2D eigenvalue weighted by molar-refractivity contribution is -0.136. The molecule has 0 fully saturated rings. The lowest BCUT2D eigenvalue weighted by Crippen LogP contribution is -2.33. The van der Waals surface area contributed by atoms with E-state index in [4.69, 9.17) is 9.47 Å². The number of benzene rings is 3. The van der Waals surface area contributed by atoms with Crippen molar-refractivity contribution in [2.45, 2.75) is 20.8 Å². The van der Waals surface area contributed by atoms with E-state index in [2.05, 4.69) is 15.8 Å². The van der Waals surface area contributed by atoms with E-state index in [0.29, 0.717) is 34.0 Å². The van der Waals surface area contributed by atoms with E-state index in [1.807, 2.05) is 26.0 Å². The number of amides is 2. The molecule has 8 nitrogen and oxygen atoms in total. The molecule has 2 N–H and O–H groups in total. The van der Waals surface area contributed by atoms with Crippen molar-refractivity contribution in [2.24, 2.45) is 5.10 Å². The number of carbonyl (C=O) groups excluding carboxylic acids is 3. The van der Waals surface area contributed by atoms with Gasteiger partial charge in [0.15, 0.2) is 0 Å². The first-order valence-corrected chi connectivity index (χ1v) is 10.5. The minimum absolute atomic E-state index is 0.314. The fourth-order valence-electron chi connectivity index (χ4n) is 3.12. The summed E-state index contributed by atoms with van der Waals surface area (Å²) in [6.45, 7) is 5.47. The molecule has 0 spiro atoms. The molecule has 0 aliphatic carbocycles. The summed E-state index contributed by atoms with van der Waals surface area (Å²) in [5, 5.41) is 6.56. The van der Waals surface area contributed by atoms with E-state index >= 15 is 0 Å². The Labute approximate surface area is 197 Å². The standard InChI is InChI=1S/C26H25N3O5/c1-16-9-14-22(17(2)15-16)27-24(30)25(31)29-28-18(3)19-10-12-20(13-11-19)34-26(32)21-7-5-6-8-23(21)33-4/h5-15H,1-4H3,(H,27,30)(H,29,31). The molecule has 34 heavy (non-hydrogen) atoms. The number of esters is 1. The summed E-state index contributed by atoms with van der Waals surface area (Å²) in [6, 6.07) is 18.9. The van der Waals surface area contributed by atoms with Gasteiger partial charge in [0.1, 0.15) is 17.1 Å². The number of hydrogen-bond acceptors (Lipinski definition) is 6. The minimum Gasteiger partial charge on any atom is -0.496 e. The highest BCUT2D eigenvalue weighted by molar-refractivity contribution is 6.39. The number of para-hydroxylation sites is 1. The number of methoxy groups -OCH3 is 1. The Morgan fingerprint density at radius 1 is 0.882 bits per heavy atom. The van der Waals surface area contributed by atoms with E-state index in [1.165, 1.54) is 7.11 Å². The molecule has 0 radical (unpaired) electrons. The van der Waals surface area contributed by atoms with Gasteiger partial charge in [0, 0.05) is 5.69 Å². The van der Waals surface area contributed by atoms with E-state index < -0.39 is 17.8 Å². The maximum Gasteiger partial charge on any atom is 0.347 e. The van der Waals surface area contributed by atoms with Gasteiger partial charge in [0.25, 0.3) is 0 Å². The van der Waals surface area contributed by atoms with Gasteiger partial charge in [-0.2, -0.15) is 5.10 Å². The average Bonchev–Trinajstić information content (AvgIpc) is 2.84. The molecule has 174 valence electrons. The Morgan fingerprint density at radius 2 is 1.59 bits per heavy atom. The number of carbonyl (C=O) groups is 3. The number of hydrogen-bond donors (Lipinski definition) is 2. The highest BCUT2D eigenvalue weighted by Gasteiger charge is 2.15. The van der Waals surface area contributed by atoms with E-state index in [-0.39, 0.29) is 0 Å². The number of aryl methyl sites for hydroxylation is 2. The molecule has 0 aliphatic rings. The van der Waals surface area contributed by atoms with Crippen LogP contribution in [-0.2, 0) is 9.59 Å². The van der Waals surface area contributed by atoms with Crippen LogP contribution in [0.3, 0.4) is 0 Å². The fourth-order valence-corrected chi connectivity index (χ4v) is 3.12. The molecule has 3 aromatic rings. The normalized spacial score (nSPS) is 10.9. The number of nitrogens with one attached hydrogen (secondary N) is 2. The van der Waals surface area contributed by atoms with Gasteiger partial charge in [0.05, 0.1) is 12.8 Å². The maximum absolute atomic E-state index is 12.4. The maximum atomic E-state index is 12.4. The second kappa shape index (κ2) is 10.9. The Balaban J connectivity index is 1.59. The highest BCUT2D eigenvalue weighted by Crippen LogP contribution is 2.21. The van der Waals surface area contributed by atoms with Crippen LogP contribution in [0.5, 0.6) is 11.5 Å². The minimum atomic E-state index is -0.887. The third-order valence-electron chi connectivity index (χ3n) is 4.97. The predicted octanol–water partition coefficient (Wildman–Crippen LogP) is 4.01. The number of hydrazone groups is 1. The SMILES string of the molecule is COc1ccccc1C(=O)Oc1ccc(C(C)=NNC(=O)C(=O)Nc2ccc(C)cc2C)cc1. The highest BCUT2D eigenvalue weighted by atomic mass is 16.5. The molecule has 0 saturated heterocycles. The summed E-state index contributed by atoms with van der Waals surface area (Å²) in [5.41, 5.74) is 6.18. The van der Waals surface area contributed by atoms with Crippen LogP contribution in [0, 0.1) is 13.8 Å². The quantitative estimate of drug-likeness (QED) is 0.190. The van der Waals surface area contributed by atoms with Crippen molar-refractivity contribution < 1.29 is 23.9 Å². The summed E-state index contributed by atoms with van der Waals surface area (Å²) < 4.78 is 10.6. The molecule has 2 amide bonds. The molecular formula is C26H25N3O5. The summed E-state index contributed by atoms with van der Waals surface area (Å²) >= 11 is 0. The number of ether oxygens (including phenoxy) is 2. The first-order valence-electron chi connectivity index (χ1n) is 10.5. The van der Waals surface area contributed by atoms with E-state index in [1.54, 1.807) is 61.5 Å². The average molecular weight is 460 g/mol. The van der Waals surface area contributed by atoms with Gasteiger partial charge in [0.2, 0.25) is 0 Å². The predicted molar refractivity (Wildman–Crippen MR) is 129 cm³/mol. The molecule has 0 unspecified atom stereocenters. The van der Waals surface area contributed by atoms with Crippen LogP contribution in [0.25, 0.3) is 0 Å². The molecule has 0 aliphatic heterocycles. The van der Waals surface area contributed by atoms with Crippen molar-refractivity contribution >= 4 is 29.2 Å². The lowest BCUT2D eigenvalue weighted by atomic mass is 10.1. The molecule has 0 atom stereocenters. The van der Waals surface area contributed by atoms with Gasteiger partial charge in [-0.15, -0.1) is 0 Å². The van der Waals surface area contributed by atoms with Gasteiger partial charge in [-0.1, -0.05) is 29.8 Å².